The molecule has 7 heteroatoms. The van der Waals surface area contributed by atoms with Gasteiger partial charge in [-0.25, -0.2) is 8.42 Å². The lowest BCUT2D eigenvalue weighted by atomic mass is 9.94. The number of piperidine rings is 2. The molecule has 0 spiro atoms. The van der Waals surface area contributed by atoms with E-state index in [1.807, 2.05) is 11.0 Å². The molecule has 2 aliphatic heterocycles. The van der Waals surface area contributed by atoms with Crippen molar-refractivity contribution in [3.8, 4) is 6.07 Å². The third kappa shape index (κ3) is 3.76. The summed E-state index contributed by atoms with van der Waals surface area (Å²) in [7, 11) is -3.57. The van der Waals surface area contributed by atoms with Gasteiger partial charge in [-0.2, -0.15) is 9.57 Å². The minimum atomic E-state index is -3.57. The number of sulfonamides is 1. The first-order chi connectivity index (χ1) is 12.4. The van der Waals surface area contributed by atoms with Gasteiger partial charge in [0.25, 0.3) is 0 Å². The number of carbonyl (C=O) groups excluding carboxylic acids is 1. The lowest BCUT2D eigenvalue weighted by Gasteiger charge is -2.38. The van der Waals surface area contributed by atoms with Crippen molar-refractivity contribution in [1.82, 2.24) is 9.21 Å². The first-order valence-electron chi connectivity index (χ1n) is 9.24. The summed E-state index contributed by atoms with van der Waals surface area (Å²) in [5.74, 6) is 0.107. The van der Waals surface area contributed by atoms with Crippen LogP contribution in [0.5, 0.6) is 0 Å². The van der Waals surface area contributed by atoms with Gasteiger partial charge in [-0.15, -0.1) is 0 Å². The monoisotopic (exact) mass is 375 g/mol. The summed E-state index contributed by atoms with van der Waals surface area (Å²) >= 11 is 0. The van der Waals surface area contributed by atoms with Crippen LogP contribution in [0.1, 0.15) is 44.6 Å². The third-order valence-corrected chi connectivity index (χ3v) is 7.42. The zero-order valence-electron chi connectivity index (χ0n) is 15.1. The summed E-state index contributed by atoms with van der Waals surface area (Å²) in [4.78, 5) is 15.0. The van der Waals surface area contributed by atoms with Crippen molar-refractivity contribution >= 4 is 15.9 Å². The Hall–Kier alpha value is -1.91. The van der Waals surface area contributed by atoms with Crippen molar-refractivity contribution in [2.45, 2.75) is 50.0 Å². The molecule has 2 fully saturated rings. The largest absolute Gasteiger partial charge is 0.340 e. The van der Waals surface area contributed by atoms with Gasteiger partial charge in [-0.05, 0) is 63.3 Å². The Morgan fingerprint density at radius 2 is 1.73 bits per heavy atom. The molecule has 0 bridgehead atoms. The van der Waals surface area contributed by atoms with Gasteiger partial charge in [0.05, 0.1) is 16.5 Å². The number of carbonyl (C=O) groups is 1. The number of hydrogen-bond acceptors (Lipinski definition) is 4. The first-order valence-corrected chi connectivity index (χ1v) is 10.7. The van der Waals surface area contributed by atoms with E-state index in [1.54, 1.807) is 0 Å². The second-order valence-corrected chi connectivity index (χ2v) is 9.13. The number of amides is 1. The van der Waals surface area contributed by atoms with E-state index in [2.05, 4.69) is 6.92 Å². The lowest BCUT2D eigenvalue weighted by molar-refractivity contribution is -0.140. The van der Waals surface area contributed by atoms with Crippen molar-refractivity contribution in [3.05, 3.63) is 29.8 Å². The fourth-order valence-corrected chi connectivity index (χ4v) is 5.32. The fraction of sp³-hybridized carbons (Fsp3) is 0.579. The highest BCUT2D eigenvalue weighted by atomic mass is 32.2. The van der Waals surface area contributed by atoms with Crippen LogP contribution in [0, 0.1) is 17.2 Å². The molecule has 0 aromatic heterocycles. The van der Waals surface area contributed by atoms with Crippen LogP contribution in [-0.4, -0.2) is 49.2 Å². The molecule has 0 N–H and O–H groups in total. The molecule has 140 valence electrons. The molecule has 2 aliphatic rings. The van der Waals surface area contributed by atoms with Crippen molar-refractivity contribution in [2.75, 3.05) is 19.6 Å². The fourth-order valence-electron chi connectivity index (χ4n) is 3.85. The van der Waals surface area contributed by atoms with Crippen molar-refractivity contribution < 1.29 is 13.2 Å². The zero-order valence-corrected chi connectivity index (χ0v) is 15.9. The number of nitriles is 1. The molecule has 0 radical (unpaired) electrons. The average molecular weight is 375 g/mol. The van der Waals surface area contributed by atoms with E-state index in [0.717, 1.165) is 19.4 Å². The Morgan fingerprint density at radius 1 is 1.08 bits per heavy atom. The summed E-state index contributed by atoms with van der Waals surface area (Å²) in [5.41, 5.74) is 0.434. The highest BCUT2D eigenvalue weighted by Gasteiger charge is 2.35. The smallest absolute Gasteiger partial charge is 0.243 e. The van der Waals surface area contributed by atoms with Gasteiger partial charge >= 0.3 is 0 Å². The predicted octanol–water partition coefficient (Wildman–Crippen LogP) is 2.36. The topological polar surface area (TPSA) is 81.5 Å². The van der Waals surface area contributed by atoms with Crippen LogP contribution >= 0.6 is 0 Å². The van der Waals surface area contributed by atoms with Crippen molar-refractivity contribution in [3.63, 3.8) is 0 Å². The van der Waals surface area contributed by atoms with Gasteiger partial charge in [0, 0.05) is 31.6 Å². The number of rotatable bonds is 3. The van der Waals surface area contributed by atoms with Crippen molar-refractivity contribution in [1.29, 1.82) is 5.26 Å². The highest BCUT2D eigenvalue weighted by Crippen LogP contribution is 2.27. The Balaban J connectivity index is 1.64. The van der Waals surface area contributed by atoms with E-state index >= 15 is 0 Å². The molecule has 3 rings (SSSR count). The summed E-state index contributed by atoms with van der Waals surface area (Å²) in [6.45, 7) is 3.65. The maximum absolute atomic E-state index is 12.8. The molecule has 2 heterocycles. The van der Waals surface area contributed by atoms with Gasteiger partial charge in [-0.3, -0.25) is 4.79 Å². The normalized spacial score (nSPS) is 22.8. The van der Waals surface area contributed by atoms with Crippen LogP contribution in [-0.2, 0) is 14.8 Å². The van der Waals surface area contributed by atoms with E-state index in [9.17, 15) is 13.2 Å². The maximum Gasteiger partial charge on any atom is 0.243 e. The summed E-state index contributed by atoms with van der Waals surface area (Å²) in [5, 5.41) is 8.84. The van der Waals surface area contributed by atoms with Gasteiger partial charge in [0.1, 0.15) is 0 Å². The summed E-state index contributed by atoms with van der Waals surface area (Å²) in [6.07, 6.45) is 4.42. The molecule has 0 unspecified atom stereocenters. The number of benzene rings is 1. The molecule has 1 aromatic rings. The SMILES string of the molecule is C[C@@H]1CCCCN1C(=O)C1CCN(S(=O)(=O)c2ccc(C#N)cc2)CC1. The third-order valence-electron chi connectivity index (χ3n) is 5.51. The molecule has 0 aliphatic carbocycles. The average Bonchev–Trinajstić information content (AvgIpc) is 2.68. The molecular weight excluding hydrogens is 350 g/mol. The van der Waals surface area contributed by atoms with Gasteiger partial charge in [-0.1, -0.05) is 0 Å². The van der Waals surface area contributed by atoms with Crippen LogP contribution < -0.4 is 0 Å². The van der Waals surface area contributed by atoms with Crippen LogP contribution in [0.25, 0.3) is 0 Å². The van der Waals surface area contributed by atoms with E-state index < -0.39 is 10.0 Å². The van der Waals surface area contributed by atoms with Gasteiger partial charge in [0.2, 0.25) is 15.9 Å². The number of nitrogens with zero attached hydrogens (tertiary/aromatic N) is 3. The van der Waals surface area contributed by atoms with Gasteiger partial charge in [0.15, 0.2) is 0 Å². The zero-order chi connectivity index (χ0) is 18.7. The molecule has 0 saturated carbocycles. The van der Waals surface area contributed by atoms with Gasteiger partial charge < -0.3 is 4.90 Å². The van der Waals surface area contributed by atoms with E-state index in [1.165, 1.54) is 35.0 Å². The molecule has 6 nitrogen and oxygen atoms in total. The molecule has 1 atom stereocenters. The molecule has 1 amide bonds. The summed E-state index contributed by atoms with van der Waals surface area (Å²) < 4.78 is 27.0. The van der Waals surface area contributed by atoms with Crippen LogP contribution in [0.4, 0.5) is 0 Å². The quantitative estimate of drug-likeness (QED) is 0.812. The lowest BCUT2D eigenvalue weighted by Crippen LogP contribution is -2.48. The minimum absolute atomic E-state index is 0.0806. The second-order valence-electron chi connectivity index (χ2n) is 7.19. The van der Waals surface area contributed by atoms with Crippen LogP contribution in [0.3, 0.4) is 0 Å². The Labute approximate surface area is 155 Å². The Bertz CT molecular complexity index is 790. The molecule has 26 heavy (non-hydrogen) atoms. The highest BCUT2D eigenvalue weighted by molar-refractivity contribution is 7.89. The molecule has 2 saturated heterocycles. The Morgan fingerprint density at radius 3 is 2.31 bits per heavy atom. The van der Waals surface area contributed by atoms with Crippen LogP contribution in [0.15, 0.2) is 29.2 Å². The minimum Gasteiger partial charge on any atom is -0.340 e. The predicted molar refractivity (Wildman–Crippen MR) is 97.7 cm³/mol. The van der Waals surface area contributed by atoms with Crippen LogP contribution in [0.2, 0.25) is 0 Å². The van der Waals surface area contributed by atoms with E-state index in [4.69, 9.17) is 5.26 Å². The molecule has 1 aromatic carbocycles. The Kier molecular flexibility index (Phi) is 5.64. The first kappa shape index (κ1) is 18.9. The standard InChI is InChI=1S/C19H25N3O3S/c1-15-4-2-3-11-22(15)19(23)17-9-12-21(13-10-17)26(24,25)18-7-5-16(14-20)6-8-18/h5-8,15,17H,2-4,9-13H2,1H3/t15-/m1/s1. The summed E-state index contributed by atoms with van der Waals surface area (Å²) in [6, 6.07) is 8.25. The number of hydrogen-bond donors (Lipinski definition) is 0. The van der Waals surface area contributed by atoms with E-state index in [0.29, 0.717) is 31.5 Å². The van der Waals surface area contributed by atoms with Crippen molar-refractivity contribution in [2.24, 2.45) is 5.92 Å². The van der Waals surface area contributed by atoms with E-state index in [-0.39, 0.29) is 22.8 Å². The maximum atomic E-state index is 12.8. The molecular formula is C19H25N3O3S. The number of likely N-dealkylation sites (tertiary alicyclic amines) is 1. The second kappa shape index (κ2) is 7.77.